The largest absolute Gasteiger partial charge is 0.506 e. The Bertz CT molecular complexity index is 307. The molecule has 1 aromatic carbocycles. The van der Waals surface area contributed by atoms with Crippen molar-refractivity contribution in [2.24, 2.45) is 0 Å². The molecule has 1 aromatic rings. The molecular weight excluding hydrogens is 236 g/mol. The van der Waals surface area contributed by atoms with Gasteiger partial charge in [-0.05, 0) is 12.1 Å². The smallest absolute Gasteiger partial charge is 0.142 e. The highest BCUT2D eigenvalue weighted by molar-refractivity contribution is 6.31. The van der Waals surface area contributed by atoms with Gasteiger partial charge in [-0.25, -0.2) is 0 Å². The number of nitrogens with one attached hydrogen (secondary N) is 3. The summed E-state index contributed by atoms with van der Waals surface area (Å²) >= 11 is 16.2. The maximum Gasteiger partial charge on any atom is 0.142 e. The Labute approximate surface area is 90.1 Å². The van der Waals surface area contributed by atoms with E-state index in [4.69, 9.17) is 35.3 Å². The summed E-state index contributed by atoms with van der Waals surface area (Å²) in [5.41, 5.74) is 1.12. The molecule has 0 aromatic heterocycles. The molecule has 7 heteroatoms. The Morgan fingerprint density at radius 3 is 2.00 bits per heavy atom. The van der Waals surface area contributed by atoms with Crippen LogP contribution < -0.4 is 14.5 Å². The van der Waals surface area contributed by atoms with Gasteiger partial charge in [-0.3, -0.25) is 14.5 Å². The lowest BCUT2D eigenvalue weighted by molar-refractivity contribution is 0.478. The molecule has 4 nitrogen and oxygen atoms in total. The number of phenolic OH excluding ortho intramolecular Hbond substituents is 1. The zero-order valence-electron chi connectivity index (χ0n) is 6.24. The summed E-state index contributed by atoms with van der Waals surface area (Å²) in [7, 11) is 0. The van der Waals surface area contributed by atoms with E-state index in [0.29, 0.717) is 11.4 Å². The van der Waals surface area contributed by atoms with E-state index in [2.05, 4.69) is 14.5 Å². The van der Waals surface area contributed by atoms with Crippen LogP contribution in [0.5, 0.6) is 5.75 Å². The Hall–Kier alpha value is -0.710. The van der Waals surface area contributed by atoms with Crippen molar-refractivity contribution in [3.63, 3.8) is 0 Å². The van der Waals surface area contributed by atoms with Gasteiger partial charge < -0.3 is 5.11 Å². The minimum Gasteiger partial charge on any atom is -0.506 e. The fraction of sp³-hybridized carbons (Fsp3) is 0. The average molecular weight is 242 g/mol. The van der Waals surface area contributed by atoms with Crippen molar-refractivity contribution in [2.75, 3.05) is 14.5 Å². The molecule has 0 atom stereocenters. The summed E-state index contributed by atoms with van der Waals surface area (Å²) in [6, 6.07) is 2.97. The van der Waals surface area contributed by atoms with Crippen LogP contribution in [0.3, 0.4) is 0 Å². The zero-order valence-corrected chi connectivity index (χ0v) is 8.50. The SMILES string of the molecule is Oc1ccc(NCl)c(NCl)c1NCl. The third-order valence-electron chi connectivity index (χ3n) is 1.47. The van der Waals surface area contributed by atoms with Gasteiger partial charge in [-0.2, -0.15) is 0 Å². The van der Waals surface area contributed by atoms with Crippen LogP contribution in [0.15, 0.2) is 12.1 Å². The molecule has 0 heterocycles. The normalized spacial score (nSPS) is 9.46. The van der Waals surface area contributed by atoms with E-state index >= 15 is 0 Å². The van der Waals surface area contributed by atoms with Crippen LogP contribution in [-0.2, 0) is 0 Å². The second kappa shape index (κ2) is 4.50. The van der Waals surface area contributed by atoms with Crippen LogP contribution in [0.4, 0.5) is 17.1 Å². The van der Waals surface area contributed by atoms with Crippen LogP contribution in [0.25, 0.3) is 0 Å². The van der Waals surface area contributed by atoms with Gasteiger partial charge in [0.2, 0.25) is 0 Å². The minimum absolute atomic E-state index is 0.0335. The van der Waals surface area contributed by atoms with E-state index < -0.39 is 0 Å². The summed E-state index contributed by atoms with van der Waals surface area (Å²) in [4.78, 5) is 6.96. The standard InChI is InChI=1S/C6H6Cl3N3O/c7-10-3-1-2-4(13)6(12-9)5(3)11-8/h1-2,10-13H. The Balaban J connectivity index is 3.27. The van der Waals surface area contributed by atoms with Crippen LogP contribution >= 0.6 is 35.3 Å². The lowest BCUT2D eigenvalue weighted by Crippen LogP contribution is -1.93. The maximum atomic E-state index is 9.33. The molecule has 1 rings (SSSR count). The van der Waals surface area contributed by atoms with Gasteiger partial charge in [-0.15, -0.1) is 0 Å². The molecule has 13 heavy (non-hydrogen) atoms. The highest BCUT2D eigenvalue weighted by atomic mass is 35.5. The molecule has 0 bridgehead atoms. The predicted octanol–water partition coefficient (Wildman–Crippen LogP) is 3.09. The highest BCUT2D eigenvalue weighted by Crippen LogP contribution is 2.39. The molecule has 4 N–H and O–H groups in total. The molecule has 0 saturated heterocycles. The number of benzene rings is 1. The van der Waals surface area contributed by atoms with E-state index in [-0.39, 0.29) is 11.4 Å². The second-order valence-electron chi connectivity index (χ2n) is 2.17. The van der Waals surface area contributed by atoms with E-state index in [1.54, 1.807) is 6.07 Å². The van der Waals surface area contributed by atoms with Crippen LogP contribution in [0.1, 0.15) is 0 Å². The molecular formula is C6H6Cl3N3O. The van der Waals surface area contributed by atoms with Gasteiger partial charge in [0, 0.05) is 35.3 Å². The highest BCUT2D eigenvalue weighted by Gasteiger charge is 2.11. The molecule has 0 spiro atoms. The topological polar surface area (TPSA) is 56.3 Å². The fourth-order valence-corrected chi connectivity index (χ4v) is 1.41. The van der Waals surface area contributed by atoms with Crippen molar-refractivity contribution in [1.82, 2.24) is 0 Å². The van der Waals surface area contributed by atoms with Crippen LogP contribution in [-0.4, -0.2) is 5.11 Å². The predicted molar refractivity (Wildman–Crippen MR) is 56.5 cm³/mol. The van der Waals surface area contributed by atoms with Crippen molar-refractivity contribution in [3.8, 4) is 5.75 Å². The van der Waals surface area contributed by atoms with Crippen molar-refractivity contribution in [3.05, 3.63) is 12.1 Å². The van der Waals surface area contributed by atoms with Gasteiger partial charge in [0.15, 0.2) is 0 Å². The minimum atomic E-state index is -0.0335. The molecule has 0 unspecified atom stereocenters. The number of phenols is 1. The first kappa shape index (κ1) is 10.4. The summed E-state index contributed by atoms with van der Waals surface area (Å²) in [6.07, 6.45) is 0. The molecule has 0 aliphatic heterocycles. The molecule has 0 radical (unpaired) electrons. The zero-order chi connectivity index (χ0) is 9.84. The van der Waals surface area contributed by atoms with E-state index in [1.165, 1.54) is 6.07 Å². The molecule has 0 saturated carbocycles. The Kier molecular flexibility index (Phi) is 3.59. The third kappa shape index (κ3) is 1.96. The Morgan fingerprint density at radius 2 is 1.54 bits per heavy atom. The Morgan fingerprint density at radius 1 is 0.923 bits per heavy atom. The summed E-state index contributed by atoms with van der Waals surface area (Å²) < 4.78 is 0. The first-order valence-electron chi connectivity index (χ1n) is 3.20. The first-order valence-corrected chi connectivity index (χ1v) is 4.34. The fourth-order valence-electron chi connectivity index (χ4n) is 0.864. The van der Waals surface area contributed by atoms with Crippen molar-refractivity contribution < 1.29 is 5.11 Å². The van der Waals surface area contributed by atoms with Gasteiger partial charge in [0.05, 0.1) is 5.69 Å². The van der Waals surface area contributed by atoms with Gasteiger partial charge in [-0.1, -0.05) is 0 Å². The summed E-state index contributed by atoms with van der Waals surface area (Å²) in [6.45, 7) is 0. The lowest BCUT2D eigenvalue weighted by Gasteiger charge is -2.11. The second-order valence-corrected chi connectivity index (χ2v) is 2.73. The summed E-state index contributed by atoms with van der Waals surface area (Å²) in [5.74, 6) is -0.0335. The van der Waals surface area contributed by atoms with E-state index in [0.717, 1.165) is 0 Å². The number of hydrogen-bond donors (Lipinski definition) is 4. The van der Waals surface area contributed by atoms with E-state index in [1.807, 2.05) is 0 Å². The van der Waals surface area contributed by atoms with Gasteiger partial charge in [0.25, 0.3) is 0 Å². The van der Waals surface area contributed by atoms with Crippen molar-refractivity contribution in [2.45, 2.75) is 0 Å². The molecule has 0 amide bonds. The monoisotopic (exact) mass is 241 g/mol. The van der Waals surface area contributed by atoms with Gasteiger partial charge >= 0.3 is 0 Å². The quantitative estimate of drug-likeness (QED) is 0.374. The van der Waals surface area contributed by atoms with Crippen LogP contribution in [0, 0.1) is 0 Å². The molecule has 72 valence electrons. The first-order chi connectivity index (χ1) is 6.24. The third-order valence-corrected chi connectivity index (χ3v) is 2.06. The maximum absolute atomic E-state index is 9.33. The number of anilines is 3. The number of halogens is 3. The van der Waals surface area contributed by atoms with E-state index in [9.17, 15) is 5.11 Å². The molecule has 0 aliphatic rings. The average Bonchev–Trinajstić information content (AvgIpc) is 2.17. The van der Waals surface area contributed by atoms with Gasteiger partial charge in [0.1, 0.15) is 17.1 Å². The lowest BCUT2D eigenvalue weighted by atomic mass is 10.2. The molecule has 0 fully saturated rings. The number of aromatic hydroxyl groups is 1. The summed E-state index contributed by atoms with van der Waals surface area (Å²) in [5, 5.41) is 9.33. The molecule has 0 aliphatic carbocycles. The van der Waals surface area contributed by atoms with Crippen molar-refractivity contribution in [1.29, 1.82) is 0 Å². The number of hydrogen-bond acceptors (Lipinski definition) is 4. The van der Waals surface area contributed by atoms with Crippen LogP contribution in [0.2, 0.25) is 0 Å². The number of rotatable bonds is 3. The van der Waals surface area contributed by atoms with Crippen molar-refractivity contribution >= 4 is 52.4 Å².